The van der Waals surface area contributed by atoms with Gasteiger partial charge in [-0.2, -0.15) is 12.6 Å². The Kier molecular flexibility index (Phi) is 1.44. The number of fused-ring (bicyclic) bond motifs is 2. The zero-order chi connectivity index (χ0) is 7.90. The van der Waals surface area contributed by atoms with Gasteiger partial charge in [0.25, 0.3) is 0 Å². The third-order valence-electron chi connectivity index (χ3n) is 1.99. The second-order valence-electron chi connectivity index (χ2n) is 2.71. The molecule has 2 unspecified atom stereocenters. The molecule has 2 atom stereocenters. The monoisotopic (exact) mass is 168 g/mol. The van der Waals surface area contributed by atoms with Crippen LogP contribution < -0.4 is 0 Å². The Morgan fingerprint density at radius 1 is 1.64 bits per heavy atom. The molecule has 0 spiro atoms. The van der Waals surface area contributed by atoms with E-state index in [2.05, 4.69) is 12.6 Å². The molecule has 11 heavy (non-hydrogen) atoms. The van der Waals surface area contributed by atoms with Gasteiger partial charge in [-0.3, -0.25) is 4.79 Å². The first-order valence-electron chi connectivity index (χ1n) is 3.47. The van der Waals surface area contributed by atoms with Crippen molar-refractivity contribution < 1.29 is 9.53 Å². The Balaban J connectivity index is 2.42. The third-order valence-corrected chi connectivity index (χ3v) is 2.46. The summed E-state index contributed by atoms with van der Waals surface area (Å²) in [5, 5.41) is 0. The Morgan fingerprint density at radius 2 is 2.45 bits per heavy atom. The lowest BCUT2D eigenvalue weighted by Gasteiger charge is -2.26. The average molecular weight is 168 g/mol. The quantitative estimate of drug-likeness (QED) is 0.462. The fourth-order valence-electron chi connectivity index (χ4n) is 1.31. The number of hydrogen-bond donors (Lipinski definition) is 1. The smallest absolute Gasteiger partial charge is 0.192 e. The molecule has 3 heteroatoms. The summed E-state index contributed by atoms with van der Waals surface area (Å²) in [6.45, 7) is 0. The molecule has 2 aliphatic rings. The molecule has 0 aliphatic carbocycles. The minimum absolute atomic E-state index is 0.00231. The van der Waals surface area contributed by atoms with Crippen LogP contribution in [-0.2, 0) is 9.53 Å². The summed E-state index contributed by atoms with van der Waals surface area (Å²) in [7, 11) is 0. The highest BCUT2D eigenvalue weighted by molar-refractivity contribution is 7.80. The van der Waals surface area contributed by atoms with Gasteiger partial charge in [0.05, 0.1) is 6.10 Å². The van der Waals surface area contributed by atoms with Gasteiger partial charge in [0.2, 0.25) is 0 Å². The van der Waals surface area contributed by atoms with Gasteiger partial charge in [-0.05, 0) is 18.2 Å². The summed E-state index contributed by atoms with van der Waals surface area (Å²) in [5.41, 5.74) is -0.747. The van der Waals surface area contributed by atoms with Gasteiger partial charge in [0, 0.05) is 5.75 Å². The van der Waals surface area contributed by atoms with E-state index in [4.69, 9.17) is 4.74 Å². The molecule has 0 fully saturated rings. The van der Waals surface area contributed by atoms with Crippen LogP contribution in [0.15, 0.2) is 24.3 Å². The topological polar surface area (TPSA) is 26.3 Å². The molecule has 0 amide bonds. The number of carbonyl (C=O) groups excluding carboxylic acids is 1. The van der Waals surface area contributed by atoms with E-state index < -0.39 is 5.60 Å². The van der Waals surface area contributed by atoms with Crippen LogP contribution in [0.1, 0.15) is 0 Å². The third kappa shape index (κ3) is 0.880. The molecule has 2 aliphatic heterocycles. The fourth-order valence-corrected chi connectivity index (χ4v) is 1.64. The van der Waals surface area contributed by atoms with Crippen molar-refractivity contribution in [1.29, 1.82) is 0 Å². The summed E-state index contributed by atoms with van der Waals surface area (Å²) in [5.74, 6) is 0.418. The molecule has 2 nitrogen and oxygen atoms in total. The Bertz CT molecular complexity index is 257. The maximum atomic E-state index is 11.3. The van der Waals surface area contributed by atoms with Crippen LogP contribution in [0.2, 0.25) is 0 Å². The SMILES string of the molecule is O=C1C=CC2C=CC1(CS)O2. The molecule has 0 aromatic rings. The van der Waals surface area contributed by atoms with Gasteiger partial charge >= 0.3 is 0 Å². The molecular weight excluding hydrogens is 160 g/mol. The highest BCUT2D eigenvalue weighted by atomic mass is 32.1. The highest BCUT2D eigenvalue weighted by Crippen LogP contribution is 2.30. The number of rotatable bonds is 1. The Hall–Kier alpha value is -0.540. The molecule has 2 heterocycles. The van der Waals surface area contributed by atoms with Gasteiger partial charge in [0.15, 0.2) is 11.4 Å². The van der Waals surface area contributed by atoms with Crippen molar-refractivity contribution in [3.8, 4) is 0 Å². The van der Waals surface area contributed by atoms with Crippen LogP contribution >= 0.6 is 12.6 Å². The highest BCUT2D eigenvalue weighted by Gasteiger charge is 2.41. The Labute approximate surface area is 70.3 Å². The molecule has 0 saturated carbocycles. The first-order chi connectivity index (χ1) is 5.27. The van der Waals surface area contributed by atoms with Gasteiger partial charge in [-0.25, -0.2) is 0 Å². The van der Waals surface area contributed by atoms with E-state index in [1.165, 1.54) is 0 Å². The molecule has 2 bridgehead atoms. The first-order valence-corrected chi connectivity index (χ1v) is 4.11. The summed E-state index contributed by atoms with van der Waals surface area (Å²) < 4.78 is 5.42. The average Bonchev–Trinajstić information content (AvgIpc) is 2.39. The fraction of sp³-hybridized carbons (Fsp3) is 0.375. The van der Waals surface area contributed by atoms with Crippen molar-refractivity contribution in [2.24, 2.45) is 0 Å². The van der Waals surface area contributed by atoms with Crippen molar-refractivity contribution in [2.75, 3.05) is 5.75 Å². The molecule has 0 N–H and O–H groups in total. The second kappa shape index (κ2) is 2.22. The van der Waals surface area contributed by atoms with Crippen molar-refractivity contribution in [2.45, 2.75) is 11.7 Å². The van der Waals surface area contributed by atoms with Crippen molar-refractivity contribution >= 4 is 18.4 Å². The number of ether oxygens (including phenoxy) is 1. The summed E-state index contributed by atoms with van der Waals surface area (Å²) in [4.78, 5) is 11.3. The van der Waals surface area contributed by atoms with Crippen molar-refractivity contribution in [3.63, 3.8) is 0 Å². The van der Waals surface area contributed by atoms with E-state index in [-0.39, 0.29) is 11.9 Å². The van der Waals surface area contributed by atoms with E-state index in [1.54, 1.807) is 18.2 Å². The molecule has 0 aromatic carbocycles. The van der Waals surface area contributed by atoms with E-state index in [0.29, 0.717) is 5.75 Å². The van der Waals surface area contributed by atoms with Crippen LogP contribution in [0.25, 0.3) is 0 Å². The minimum Gasteiger partial charge on any atom is -0.350 e. The maximum absolute atomic E-state index is 11.3. The van der Waals surface area contributed by atoms with Gasteiger partial charge < -0.3 is 4.74 Å². The van der Waals surface area contributed by atoms with E-state index in [9.17, 15) is 4.79 Å². The number of carbonyl (C=O) groups is 1. The Morgan fingerprint density at radius 3 is 3.09 bits per heavy atom. The van der Waals surface area contributed by atoms with Gasteiger partial charge in [0.1, 0.15) is 0 Å². The van der Waals surface area contributed by atoms with E-state index in [1.807, 2.05) is 6.08 Å². The standard InChI is InChI=1S/C8H8O2S/c9-7-2-1-6-3-4-8(7,5-11)10-6/h1-4,6,11H,5H2. The predicted octanol–water partition coefficient (Wildman–Crippen LogP) is 0.749. The lowest BCUT2D eigenvalue weighted by Crippen LogP contribution is -2.41. The number of thiol groups is 1. The molecule has 2 rings (SSSR count). The van der Waals surface area contributed by atoms with Crippen LogP contribution in [0.5, 0.6) is 0 Å². The summed E-state index contributed by atoms with van der Waals surface area (Å²) in [6, 6.07) is 0. The normalized spacial score (nSPS) is 40.1. The zero-order valence-electron chi connectivity index (χ0n) is 5.86. The minimum atomic E-state index is -0.747. The molecule has 0 saturated heterocycles. The lowest BCUT2D eigenvalue weighted by molar-refractivity contribution is -0.132. The largest absolute Gasteiger partial charge is 0.350 e. The first kappa shape index (κ1) is 7.13. The van der Waals surface area contributed by atoms with Gasteiger partial charge in [-0.1, -0.05) is 6.08 Å². The number of hydrogen-bond acceptors (Lipinski definition) is 3. The zero-order valence-corrected chi connectivity index (χ0v) is 6.75. The maximum Gasteiger partial charge on any atom is 0.192 e. The summed E-state index contributed by atoms with van der Waals surface area (Å²) >= 11 is 4.08. The second-order valence-corrected chi connectivity index (χ2v) is 3.03. The molecular formula is C8H8O2S. The molecule has 58 valence electrons. The molecule has 0 aromatic heterocycles. The number of ketones is 1. The van der Waals surface area contributed by atoms with Crippen LogP contribution in [0, 0.1) is 0 Å². The van der Waals surface area contributed by atoms with E-state index in [0.717, 1.165) is 0 Å². The van der Waals surface area contributed by atoms with E-state index >= 15 is 0 Å². The van der Waals surface area contributed by atoms with Crippen molar-refractivity contribution in [1.82, 2.24) is 0 Å². The predicted molar refractivity (Wildman–Crippen MR) is 44.7 cm³/mol. The van der Waals surface area contributed by atoms with Crippen LogP contribution in [-0.4, -0.2) is 23.2 Å². The molecule has 0 radical (unpaired) electrons. The van der Waals surface area contributed by atoms with Crippen molar-refractivity contribution in [3.05, 3.63) is 24.3 Å². The van der Waals surface area contributed by atoms with Crippen LogP contribution in [0.4, 0.5) is 0 Å². The van der Waals surface area contributed by atoms with Crippen LogP contribution in [0.3, 0.4) is 0 Å². The summed E-state index contributed by atoms with van der Waals surface area (Å²) in [6.07, 6.45) is 7.00. The lowest BCUT2D eigenvalue weighted by atomic mass is 10.0. The van der Waals surface area contributed by atoms with Gasteiger partial charge in [-0.15, -0.1) is 0 Å².